The molecular weight excluding hydrogens is 230 g/mol. The molecule has 2 aromatic rings. The summed E-state index contributed by atoms with van der Waals surface area (Å²) < 4.78 is 1.23. The molecule has 0 bridgehead atoms. The second-order valence-electron chi connectivity index (χ2n) is 3.76. The predicted molar refractivity (Wildman–Crippen MR) is 58.0 cm³/mol. The van der Waals surface area contributed by atoms with Crippen molar-refractivity contribution in [3.05, 3.63) is 22.7 Å². The third-order valence-corrected chi connectivity index (χ3v) is 3.23. The fourth-order valence-electron chi connectivity index (χ4n) is 2.36. The lowest BCUT2D eigenvalue weighted by atomic mass is 10.2. The van der Waals surface area contributed by atoms with Crippen LogP contribution in [0.15, 0.2) is 6.33 Å². The van der Waals surface area contributed by atoms with E-state index in [1.807, 2.05) is 0 Å². The molecule has 5 nitrogen and oxygen atoms in total. The quantitative estimate of drug-likeness (QED) is 0.713. The van der Waals surface area contributed by atoms with Gasteiger partial charge in [0.1, 0.15) is 11.5 Å². The van der Waals surface area contributed by atoms with Gasteiger partial charge in [-0.1, -0.05) is 11.6 Å². The molecule has 3 rings (SSSR count). The van der Waals surface area contributed by atoms with Gasteiger partial charge in [0, 0.05) is 5.69 Å². The molecule has 0 saturated carbocycles. The summed E-state index contributed by atoms with van der Waals surface area (Å²) in [5.74, 6) is 0. The maximum absolute atomic E-state index is 11.2. The van der Waals surface area contributed by atoms with Crippen molar-refractivity contribution in [2.24, 2.45) is 0 Å². The van der Waals surface area contributed by atoms with Crippen LogP contribution in [0, 0.1) is 0 Å². The van der Waals surface area contributed by atoms with Crippen LogP contribution in [0.4, 0.5) is 4.79 Å². The highest BCUT2D eigenvalue weighted by Crippen LogP contribution is 2.34. The normalized spacial score (nSPS) is 14.3. The van der Waals surface area contributed by atoms with Crippen LogP contribution in [0.2, 0.25) is 5.15 Å². The van der Waals surface area contributed by atoms with E-state index in [4.69, 9.17) is 11.6 Å². The van der Waals surface area contributed by atoms with E-state index < -0.39 is 6.09 Å². The fraction of sp³-hybridized carbons (Fsp3) is 0.300. The summed E-state index contributed by atoms with van der Waals surface area (Å²) in [6, 6.07) is 0. The summed E-state index contributed by atoms with van der Waals surface area (Å²) in [6.45, 7) is 0. The number of carbonyl (C=O) groups is 1. The van der Waals surface area contributed by atoms with Gasteiger partial charge < -0.3 is 5.11 Å². The number of nitrogens with zero attached hydrogens (tertiary/aromatic N) is 3. The Morgan fingerprint density at radius 1 is 1.44 bits per heavy atom. The number of fused-ring (bicyclic) bond motifs is 3. The Kier molecular flexibility index (Phi) is 1.91. The van der Waals surface area contributed by atoms with Gasteiger partial charge in [-0.2, -0.15) is 0 Å². The highest BCUT2D eigenvalue weighted by atomic mass is 35.5. The third kappa shape index (κ3) is 1.09. The summed E-state index contributed by atoms with van der Waals surface area (Å²) in [7, 11) is 0. The zero-order chi connectivity index (χ0) is 11.3. The molecule has 0 unspecified atom stereocenters. The van der Waals surface area contributed by atoms with Crippen LogP contribution in [0.25, 0.3) is 11.0 Å². The molecule has 0 fully saturated rings. The predicted octanol–water partition coefficient (Wildman–Crippen LogP) is 2.10. The highest BCUT2D eigenvalue weighted by molar-refractivity contribution is 6.34. The second kappa shape index (κ2) is 3.18. The molecule has 1 aliphatic carbocycles. The van der Waals surface area contributed by atoms with Crippen LogP contribution in [-0.2, 0) is 12.8 Å². The number of rotatable bonds is 0. The van der Waals surface area contributed by atoms with Gasteiger partial charge in [-0.3, -0.25) is 0 Å². The van der Waals surface area contributed by atoms with Crippen molar-refractivity contribution >= 4 is 28.7 Å². The molecule has 6 heteroatoms. The lowest BCUT2D eigenvalue weighted by Gasteiger charge is -2.00. The van der Waals surface area contributed by atoms with Crippen molar-refractivity contribution in [1.82, 2.24) is 14.5 Å². The summed E-state index contributed by atoms with van der Waals surface area (Å²) in [4.78, 5) is 19.1. The first-order valence-electron chi connectivity index (χ1n) is 4.96. The second-order valence-corrected chi connectivity index (χ2v) is 4.12. The van der Waals surface area contributed by atoms with E-state index >= 15 is 0 Å². The molecule has 0 radical (unpaired) electrons. The molecule has 16 heavy (non-hydrogen) atoms. The van der Waals surface area contributed by atoms with E-state index in [0.717, 1.165) is 30.5 Å². The number of hydrogen-bond acceptors (Lipinski definition) is 3. The van der Waals surface area contributed by atoms with Crippen molar-refractivity contribution in [1.29, 1.82) is 0 Å². The van der Waals surface area contributed by atoms with Crippen LogP contribution in [0.1, 0.15) is 17.7 Å². The van der Waals surface area contributed by atoms with Gasteiger partial charge in [-0.25, -0.2) is 19.3 Å². The minimum absolute atomic E-state index is 0.336. The number of aryl methyl sites for hydroxylation is 1. The van der Waals surface area contributed by atoms with E-state index in [-0.39, 0.29) is 0 Å². The molecular formula is C10H8ClN3O2. The van der Waals surface area contributed by atoms with Crippen LogP contribution in [0.3, 0.4) is 0 Å². The largest absolute Gasteiger partial charge is 0.464 e. The number of aromatic nitrogens is 3. The molecule has 0 saturated heterocycles. The van der Waals surface area contributed by atoms with E-state index in [1.54, 1.807) is 0 Å². The Morgan fingerprint density at radius 3 is 3.00 bits per heavy atom. The van der Waals surface area contributed by atoms with E-state index in [0.29, 0.717) is 16.2 Å². The third-order valence-electron chi connectivity index (χ3n) is 2.94. The molecule has 1 N–H and O–H groups in total. The van der Waals surface area contributed by atoms with Crippen molar-refractivity contribution in [2.45, 2.75) is 19.3 Å². The lowest BCUT2D eigenvalue weighted by Crippen LogP contribution is -2.11. The van der Waals surface area contributed by atoms with Crippen molar-refractivity contribution < 1.29 is 9.90 Å². The molecule has 0 spiro atoms. The molecule has 0 atom stereocenters. The Hall–Kier alpha value is -1.62. The lowest BCUT2D eigenvalue weighted by molar-refractivity contribution is 0.196. The van der Waals surface area contributed by atoms with Crippen molar-refractivity contribution in [3.8, 4) is 0 Å². The molecule has 0 aromatic carbocycles. The standard InChI is InChI=1S/C10H8ClN3O2/c11-8-7-5-2-1-3-6(5)14(10(15)16)9(7)13-4-12-8/h4H,1-3H2,(H,15,16). The van der Waals surface area contributed by atoms with Crippen LogP contribution >= 0.6 is 11.6 Å². The minimum Gasteiger partial charge on any atom is -0.464 e. The van der Waals surface area contributed by atoms with Crippen LogP contribution in [-0.4, -0.2) is 25.7 Å². The van der Waals surface area contributed by atoms with Gasteiger partial charge in [-0.05, 0) is 24.8 Å². The number of carboxylic acid groups (broad SMARTS) is 1. The van der Waals surface area contributed by atoms with Gasteiger partial charge in [0.25, 0.3) is 0 Å². The molecule has 2 heterocycles. The molecule has 2 aromatic heterocycles. The average Bonchev–Trinajstić information content (AvgIpc) is 2.75. The average molecular weight is 238 g/mol. The number of hydrogen-bond donors (Lipinski definition) is 1. The smallest absolute Gasteiger partial charge is 0.417 e. The van der Waals surface area contributed by atoms with Crippen molar-refractivity contribution in [2.75, 3.05) is 0 Å². The molecule has 0 amide bonds. The van der Waals surface area contributed by atoms with Crippen LogP contribution in [0.5, 0.6) is 0 Å². The molecule has 0 aliphatic heterocycles. The van der Waals surface area contributed by atoms with Gasteiger partial charge in [0.05, 0.1) is 5.39 Å². The fourth-order valence-corrected chi connectivity index (χ4v) is 2.60. The molecule has 82 valence electrons. The van der Waals surface area contributed by atoms with E-state index in [2.05, 4.69) is 9.97 Å². The first kappa shape index (κ1) is 9.59. The molecule has 1 aliphatic rings. The zero-order valence-corrected chi connectivity index (χ0v) is 9.03. The zero-order valence-electron chi connectivity index (χ0n) is 8.27. The first-order valence-corrected chi connectivity index (χ1v) is 5.34. The Bertz CT molecular complexity index is 606. The topological polar surface area (TPSA) is 68.0 Å². The van der Waals surface area contributed by atoms with E-state index in [1.165, 1.54) is 10.9 Å². The first-order chi connectivity index (χ1) is 7.70. The summed E-state index contributed by atoms with van der Waals surface area (Å²) in [5.41, 5.74) is 2.20. The van der Waals surface area contributed by atoms with E-state index in [9.17, 15) is 9.90 Å². The van der Waals surface area contributed by atoms with Gasteiger partial charge in [0.15, 0.2) is 5.65 Å². The van der Waals surface area contributed by atoms with Gasteiger partial charge in [-0.15, -0.1) is 0 Å². The highest BCUT2D eigenvalue weighted by Gasteiger charge is 2.26. The van der Waals surface area contributed by atoms with Crippen molar-refractivity contribution in [3.63, 3.8) is 0 Å². The van der Waals surface area contributed by atoms with Crippen LogP contribution < -0.4 is 0 Å². The summed E-state index contributed by atoms with van der Waals surface area (Å²) >= 11 is 6.00. The SMILES string of the molecule is O=C(O)n1c2c(c3c(Cl)ncnc31)CCC2. The maximum atomic E-state index is 11.2. The Balaban J connectivity index is 2.50. The monoisotopic (exact) mass is 237 g/mol. The minimum atomic E-state index is -1.01. The van der Waals surface area contributed by atoms with Gasteiger partial charge >= 0.3 is 6.09 Å². The summed E-state index contributed by atoms with van der Waals surface area (Å²) in [6.07, 6.45) is 2.84. The maximum Gasteiger partial charge on any atom is 0.417 e. The number of halogens is 1. The Labute approximate surface area is 95.7 Å². The summed E-state index contributed by atoms with van der Waals surface area (Å²) in [5, 5.41) is 10.2. The van der Waals surface area contributed by atoms with Gasteiger partial charge in [0.2, 0.25) is 0 Å². The Morgan fingerprint density at radius 2 is 2.25 bits per heavy atom.